The predicted molar refractivity (Wildman–Crippen MR) is 71.8 cm³/mol. The highest BCUT2D eigenvalue weighted by atomic mass is 16.5. The molecule has 2 amide bonds. The summed E-state index contributed by atoms with van der Waals surface area (Å²) in [5.74, 6) is 0.799. The highest BCUT2D eigenvalue weighted by Crippen LogP contribution is 2.18. The van der Waals surface area contributed by atoms with Gasteiger partial charge >= 0.3 is 6.03 Å². The first kappa shape index (κ1) is 14.0. The average molecular weight is 276 g/mol. The van der Waals surface area contributed by atoms with E-state index in [1.807, 2.05) is 30.3 Å². The van der Waals surface area contributed by atoms with Crippen LogP contribution in [0.1, 0.15) is 18.8 Å². The smallest absolute Gasteiger partial charge is 0.315 e. The van der Waals surface area contributed by atoms with Gasteiger partial charge in [-0.1, -0.05) is 23.4 Å². The minimum Gasteiger partial charge on any atom is -0.395 e. The van der Waals surface area contributed by atoms with Gasteiger partial charge in [0.2, 0.25) is 0 Å². The van der Waals surface area contributed by atoms with Gasteiger partial charge in [-0.15, -0.1) is 0 Å². The Hall–Kier alpha value is -2.41. The Labute approximate surface area is 116 Å². The molecule has 2 aromatic rings. The number of benzene rings is 1. The molecule has 0 spiro atoms. The first-order chi connectivity index (χ1) is 9.70. The molecule has 20 heavy (non-hydrogen) atoms. The molecule has 3 N–H and O–H groups in total. The van der Waals surface area contributed by atoms with E-state index in [0.717, 1.165) is 5.56 Å². The minimum absolute atomic E-state index is 0.109. The van der Waals surface area contributed by atoms with Crippen LogP contribution < -0.4 is 10.6 Å². The Balaban J connectivity index is 2.00. The Bertz CT molecular complexity index is 556. The Morgan fingerprint density at radius 3 is 2.85 bits per heavy atom. The number of aromatic nitrogens is 2. The maximum absolute atomic E-state index is 11.4. The third kappa shape index (κ3) is 3.55. The lowest BCUT2D eigenvalue weighted by molar-refractivity contribution is 0.231. The zero-order valence-electron chi connectivity index (χ0n) is 11.0. The van der Waals surface area contributed by atoms with Crippen LogP contribution in [0.25, 0.3) is 11.5 Å². The van der Waals surface area contributed by atoms with Crippen molar-refractivity contribution < 1.29 is 14.4 Å². The van der Waals surface area contributed by atoms with Crippen LogP contribution in [-0.4, -0.2) is 34.4 Å². The molecule has 7 nitrogen and oxygen atoms in total. The van der Waals surface area contributed by atoms with Crippen molar-refractivity contribution in [1.29, 1.82) is 0 Å². The fourth-order valence-electron chi connectivity index (χ4n) is 1.59. The molecular formula is C13H16N4O3. The first-order valence-electron chi connectivity index (χ1n) is 6.25. The summed E-state index contributed by atoms with van der Waals surface area (Å²) in [5, 5.41) is 17.6. The number of rotatable bonds is 5. The molecule has 7 heteroatoms. The van der Waals surface area contributed by atoms with E-state index in [1.54, 1.807) is 6.92 Å². The lowest BCUT2D eigenvalue weighted by atomic mass is 10.2. The van der Waals surface area contributed by atoms with Gasteiger partial charge in [0.15, 0.2) is 5.82 Å². The Morgan fingerprint density at radius 1 is 1.40 bits per heavy atom. The molecule has 0 aliphatic rings. The van der Waals surface area contributed by atoms with Gasteiger partial charge in [-0.3, -0.25) is 0 Å². The summed E-state index contributed by atoms with van der Waals surface area (Å²) < 4.78 is 5.16. The molecule has 0 saturated carbocycles. The summed E-state index contributed by atoms with van der Waals surface area (Å²) in [6.45, 7) is 1.83. The molecule has 0 saturated heterocycles. The molecule has 0 radical (unpaired) electrons. The molecule has 1 aromatic carbocycles. The molecule has 0 bridgehead atoms. The first-order valence-corrected chi connectivity index (χ1v) is 6.25. The number of nitrogens with zero attached hydrogens (tertiary/aromatic N) is 2. The van der Waals surface area contributed by atoms with E-state index in [2.05, 4.69) is 20.8 Å². The second-order valence-corrected chi connectivity index (χ2v) is 4.17. The fourth-order valence-corrected chi connectivity index (χ4v) is 1.59. The van der Waals surface area contributed by atoms with Crippen molar-refractivity contribution in [2.75, 3.05) is 13.2 Å². The maximum Gasteiger partial charge on any atom is 0.315 e. The molecule has 1 heterocycles. The third-order valence-corrected chi connectivity index (χ3v) is 2.59. The molecule has 0 aliphatic heterocycles. The van der Waals surface area contributed by atoms with Crippen LogP contribution in [0.3, 0.4) is 0 Å². The number of aliphatic hydroxyl groups is 1. The summed E-state index contributed by atoms with van der Waals surface area (Å²) in [7, 11) is 0. The number of nitrogens with one attached hydrogen (secondary N) is 2. The zero-order chi connectivity index (χ0) is 14.4. The normalized spacial score (nSPS) is 11.9. The van der Waals surface area contributed by atoms with Crippen molar-refractivity contribution in [2.24, 2.45) is 0 Å². The molecule has 1 aromatic heterocycles. The van der Waals surface area contributed by atoms with Gasteiger partial charge in [0.05, 0.1) is 12.6 Å². The van der Waals surface area contributed by atoms with E-state index in [4.69, 9.17) is 9.63 Å². The number of aliphatic hydroxyl groups excluding tert-OH is 1. The molecule has 0 aliphatic carbocycles. The average Bonchev–Trinajstić information content (AvgIpc) is 2.96. The van der Waals surface area contributed by atoms with Crippen molar-refractivity contribution in [2.45, 2.75) is 13.0 Å². The summed E-state index contributed by atoms with van der Waals surface area (Å²) in [4.78, 5) is 15.7. The molecule has 2 rings (SSSR count). The van der Waals surface area contributed by atoms with E-state index in [0.29, 0.717) is 11.7 Å². The summed E-state index contributed by atoms with van der Waals surface area (Å²) >= 11 is 0. The van der Waals surface area contributed by atoms with E-state index in [-0.39, 0.29) is 13.2 Å². The molecule has 1 atom stereocenters. The molecule has 0 fully saturated rings. The van der Waals surface area contributed by atoms with Crippen molar-refractivity contribution in [3.63, 3.8) is 0 Å². The van der Waals surface area contributed by atoms with Gasteiger partial charge in [-0.05, 0) is 19.1 Å². The molecular weight excluding hydrogens is 260 g/mol. The number of hydrogen-bond acceptors (Lipinski definition) is 5. The van der Waals surface area contributed by atoms with Crippen molar-refractivity contribution in [1.82, 2.24) is 20.8 Å². The predicted octanol–water partition coefficient (Wildman–Crippen LogP) is 1.09. The quantitative estimate of drug-likeness (QED) is 0.759. The highest BCUT2D eigenvalue weighted by Gasteiger charge is 2.16. The van der Waals surface area contributed by atoms with Crippen molar-refractivity contribution in [3.8, 4) is 11.5 Å². The number of urea groups is 1. The van der Waals surface area contributed by atoms with Crippen LogP contribution in [0.15, 0.2) is 34.9 Å². The zero-order valence-corrected chi connectivity index (χ0v) is 11.0. The number of carbonyl (C=O) groups excluding carboxylic acids is 1. The lowest BCUT2D eigenvalue weighted by Crippen LogP contribution is -2.38. The lowest BCUT2D eigenvalue weighted by Gasteiger charge is -2.10. The Kier molecular flexibility index (Phi) is 4.67. The Morgan fingerprint density at radius 2 is 2.15 bits per heavy atom. The van der Waals surface area contributed by atoms with Crippen LogP contribution in [0.5, 0.6) is 0 Å². The van der Waals surface area contributed by atoms with Crippen LogP contribution in [-0.2, 0) is 0 Å². The second kappa shape index (κ2) is 6.67. The van der Waals surface area contributed by atoms with Gasteiger partial charge in [0.25, 0.3) is 5.89 Å². The SMILES string of the molecule is CC(NC(=O)NCCO)c1noc(-c2ccccc2)n1. The number of hydrogen-bond donors (Lipinski definition) is 3. The minimum atomic E-state index is -0.394. The van der Waals surface area contributed by atoms with E-state index in [1.165, 1.54) is 0 Å². The second-order valence-electron chi connectivity index (χ2n) is 4.17. The van der Waals surface area contributed by atoms with Gasteiger partial charge < -0.3 is 20.3 Å². The van der Waals surface area contributed by atoms with Crippen LogP contribution in [0, 0.1) is 0 Å². The van der Waals surface area contributed by atoms with Gasteiger partial charge in [-0.2, -0.15) is 4.98 Å². The van der Waals surface area contributed by atoms with E-state index >= 15 is 0 Å². The number of carbonyl (C=O) groups is 1. The highest BCUT2D eigenvalue weighted by molar-refractivity contribution is 5.74. The monoisotopic (exact) mass is 276 g/mol. The summed E-state index contributed by atoms with van der Waals surface area (Å²) in [5.41, 5.74) is 0.822. The van der Waals surface area contributed by atoms with Crippen LogP contribution in [0.4, 0.5) is 4.79 Å². The summed E-state index contributed by atoms with van der Waals surface area (Å²) in [6, 6.07) is 8.60. The largest absolute Gasteiger partial charge is 0.395 e. The van der Waals surface area contributed by atoms with Crippen molar-refractivity contribution in [3.05, 3.63) is 36.2 Å². The maximum atomic E-state index is 11.4. The van der Waals surface area contributed by atoms with Gasteiger partial charge in [-0.25, -0.2) is 4.79 Å². The van der Waals surface area contributed by atoms with Crippen molar-refractivity contribution >= 4 is 6.03 Å². The van der Waals surface area contributed by atoms with Gasteiger partial charge in [0.1, 0.15) is 0 Å². The standard InChI is InChI=1S/C13H16N4O3/c1-9(15-13(19)14-7-8-18)11-16-12(20-17-11)10-5-3-2-4-6-10/h2-6,9,18H,7-8H2,1H3,(H2,14,15,19). The fraction of sp³-hybridized carbons (Fsp3) is 0.308. The van der Waals surface area contributed by atoms with Crippen LogP contribution >= 0.6 is 0 Å². The topological polar surface area (TPSA) is 100 Å². The third-order valence-electron chi connectivity index (χ3n) is 2.59. The van der Waals surface area contributed by atoms with Gasteiger partial charge in [0, 0.05) is 12.1 Å². The molecule has 106 valence electrons. The number of amides is 2. The molecule has 1 unspecified atom stereocenters. The van der Waals surface area contributed by atoms with E-state index in [9.17, 15) is 4.79 Å². The summed E-state index contributed by atoms with van der Waals surface area (Å²) in [6.07, 6.45) is 0. The van der Waals surface area contributed by atoms with E-state index < -0.39 is 12.1 Å². The van der Waals surface area contributed by atoms with Crippen LogP contribution in [0.2, 0.25) is 0 Å².